The standard InChI is InChI=1S/C27H22F2N2O5/c28-19-8-4-17(5-9-19)14-34-26(32)24-21(10-6-16-7-11-22-23(12-16)36-15-35-22)30-27(33)31-25(24)18-2-1-3-20(29)13-18/h1-5,7-9,11-13,25H,6,10,14-15H2,(H2,30,31,33). The minimum absolute atomic E-state index is 0.0954. The fourth-order valence-corrected chi connectivity index (χ4v) is 4.17. The number of carbonyl (C=O) groups is 2. The van der Waals surface area contributed by atoms with Gasteiger partial charge in [0.2, 0.25) is 6.79 Å². The lowest BCUT2D eigenvalue weighted by Crippen LogP contribution is -2.46. The third-order valence-corrected chi connectivity index (χ3v) is 5.94. The summed E-state index contributed by atoms with van der Waals surface area (Å²) in [6, 6.07) is 15.4. The first-order chi connectivity index (χ1) is 17.5. The Morgan fingerprint density at radius 3 is 2.50 bits per heavy atom. The van der Waals surface area contributed by atoms with E-state index in [4.69, 9.17) is 14.2 Å². The second-order valence-electron chi connectivity index (χ2n) is 8.37. The molecule has 3 aromatic rings. The zero-order valence-corrected chi connectivity index (χ0v) is 19.1. The number of fused-ring (bicyclic) bond motifs is 1. The maximum atomic E-state index is 14.0. The molecule has 0 spiro atoms. The number of rotatable bonds is 7. The molecule has 0 radical (unpaired) electrons. The van der Waals surface area contributed by atoms with Gasteiger partial charge in [0.15, 0.2) is 11.5 Å². The largest absolute Gasteiger partial charge is 0.457 e. The highest BCUT2D eigenvalue weighted by Gasteiger charge is 2.34. The van der Waals surface area contributed by atoms with Crippen LogP contribution in [0.25, 0.3) is 0 Å². The first-order valence-electron chi connectivity index (χ1n) is 11.3. The van der Waals surface area contributed by atoms with Crippen LogP contribution in [0.3, 0.4) is 0 Å². The van der Waals surface area contributed by atoms with Crippen molar-refractivity contribution < 1.29 is 32.6 Å². The van der Waals surface area contributed by atoms with Crippen LogP contribution in [0, 0.1) is 11.6 Å². The Kier molecular flexibility index (Phi) is 6.53. The first-order valence-corrected chi connectivity index (χ1v) is 11.3. The van der Waals surface area contributed by atoms with Gasteiger partial charge in [0.05, 0.1) is 11.6 Å². The van der Waals surface area contributed by atoms with Crippen LogP contribution < -0.4 is 20.1 Å². The van der Waals surface area contributed by atoms with Crippen molar-refractivity contribution in [3.63, 3.8) is 0 Å². The number of benzene rings is 3. The van der Waals surface area contributed by atoms with E-state index in [2.05, 4.69) is 10.6 Å². The molecule has 1 unspecified atom stereocenters. The van der Waals surface area contributed by atoms with E-state index in [1.54, 1.807) is 12.1 Å². The molecule has 184 valence electrons. The number of hydrogen-bond donors (Lipinski definition) is 2. The summed E-state index contributed by atoms with van der Waals surface area (Å²) in [5.74, 6) is -0.288. The number of hydrogen-bond acceptors (Lipinski definition) is 5. The Hall–Kier alpha value is -4.40. The average Bonchev–Trinajstić information content (AvgIpc) is 3.34. The lowest BCUT2D eigenvalue weighted by molar-refractivity contribution is -0.140. The summed E-state index contributed by atoms with van der Waals surface area (Å²) in [5, 5.41) is 5.42. The molecule has 2 aliphatic rings. The Balaban J connectivity index is 1.44. The van der Waals surface area contributed by atoms with Gasteiger partial charge in [0, 0.05) is 5.70 Å². The first kappa shape index (κ1) is 23.3. The van der Waals surface area contributed by atoms with Gasteiger partial charge in [-0.05, 0) is 65.9 Å². The predicted molar refractivity (Wildman–Crippen MR) is 125 cm³/mol. The zero-order valence-electron chi connectivity index (χ0n) is 19.1. The predicted octanol–water partition coefficient (Wildman–Crippen LogP) is 4.68. The van der Waals surface area contributed by atoms with Gasteiger partial charge < -0.3 is 24.8 Å². The van der Waals surface area contributed by atoms with E-state index < -0.39 is 29.7 Å². The van der Waals surface area contributed by atoms with E-state index in [9.17, 15) is 18.4 Å². The van der Waals surface area contributed by atoms with Crippen LogP contribution in [-0.2, 0) is 22.6 Å². The molecule has 0 saturated heterocycles. The molecule has 7 nitrogen and oxygen atoms in total. The molecule has 36 heavy (non-hydrogen) atoms. The van der Waals surface area contributed by atoms with Gasteiger partial charge in [-0.2, -0.15) is 0 Å². The summed E-state index contributed by atoms with van der Waals surface area (Å²) >= 11 is 0. The van der Waals surface area contributed by atoms with Crippen LogP contribution in [0.4, 0.5) is 13.6 Å². The van der Waals surface area contributed by atoms with E-state index in [0.717, 1.165) is 5.56 Å². The molecule has 2 aliphatic heterocycles. The number of esters is 1. The zero-order chi connectivity index (χ0) is 25.1. The van der Waals surface area contributed by atoms with Gasteiger partial charge in [-0.1, -0.05) is 30.3 Å². The van der Waals surface area contributed by atoms with E-state index in [1.165, 1.54) is 42.5 Å². The number of aryl methyl sites for hydroxylation is 1. The van der Waals surface area contributed by atoms with Crippen molar-refractivity contribution in [3.05, 3.63) is 106 Å². The highest BCUT2D eigenvalue weighted by Crippen LogP contribution is 2.34. The van der Waals surface area contributed by atoms with Gasteiger partial charge in [-0.15, -0.1) is 0 Å². The number of urea groups is 1. The molecule has 0 aliphatic carbocycles. The van der Waals surface area contributed by atoms with Crippen LogP contribution >= 0.6 is 0 Å². The molecule has 2 amide bonds. The van der Waals surface area contributed by atoms with Crippen molar-refractivity contribution >= 4 is 12.0 Å². The maximum Gasteiger partial charge on any atom is 0.338 e. The Bertz CT molecular complexity index is 1340. The quantitative estimate of drug-likeness (QED) is 0.468. The summed E-state index contributed by atoms with van der Waals surface area (Å²) in [6.45, 7) is 0.0624. The van der Waals surface area contributed by atoms with Crippen LogP contribution in [0.1, 0.15) is 29.2 Å². The summed E-state index contributed by atoms with van der Waals surface area (Å²) in [4.78, 5) is 25.8. The number of nitrogens with one attached hydrogen (secondary N) is 2. The third-order valence-electron chi connectivity index (χ3n) is 5.94. The molecule has 1 atom stereocenters. The number of halogens is 2. The van der Waals surface area contributed by atoms with E-state index >= 15 is 0 Å². The molecule has 0 fully saturated rings. The van der Waals surface area contributed by atoms with E-state index in [0.29, 0.717) is 41.2 Å². The second kappa shape index (κ2) is 10.1. The van der Waals surface area contributed by atoms with Crippen LogP contribution in [-0.4, -0.2) is 18.8 Å². The molecular formula is C27H22F2N2O5. The summed E-state index contributed by atoms with van der Waals surface area (Å²) < 4.78 is 43.5. The molecule has 2 N–H and O–H groups in total. The highest BCUT2D eigenvalue weighted by molar-refractivity contribution is 5.95. The van der Waals surface area contributed by atoms with Crippen LogP contribution in [0.15, 0.2) is 78.0 Å². The van der Waals surface area contributed by atoms with Crippen LogP contribution in [0.5, 0.6) is 11.5 Å². The number of ether oxygens (including phenoxy) is 3. The van der Waals surface area contributed by atoms with Gasteiger partial charge in [0.1, 0.15) is 18.2 Å². The molecule has 0 bridgehead atoms. The molecule has 0 saturated carbocycles. The topological polar surface area (TPSA) is 85.9 Å². The maximum absolute atomic E-state index is 14.0. The normalized spacial score (nSPS) is 16.4. The fraction of sp³-hybridized carbons (Fsp3) is 0.185. The molecule has 2 heterocycles. The van der Waals surface area contributed by atoms with Gasteiger partial charge >= 0.3 is 12.0 Å². The van der Waals surface area contributed by atoms with Crippen LogP contribution in [0.2, 0.25) is 0 Å². The number of carbonyl (C=O) groups excluding carboxylic acids is 2. The van der Waals surface area contributed by atoms with Crippen molar-refractivity contribution in [1.82, 2.24) is 10.6 Å². The Morgan fingerprint density at radius 2 is 1.69 bits per heavy atom. The molecule has 3 aromatic carbocycles. The second-order valence-corrected chi connectivity index (χ2v) is 8.37. The fourth-order valence-electron chi connectivity index (χ4n) is 4.17. The number of allylic oxidation sites excluding steroid dienone is 1. The highest BCUT2D eigenvalue weighted by atomic mass is 19.1. The summed E-state index contributed by atoms with van der Waals surface area (Å²) in [5.41, 5.74) is 2.46. The van der Waals surface area contributed by atoms with Crippen molar-refractivity contribution in [2.75, 3.05) is 6.79 Å². The van der Waals surface area contributed by atoms with E-state index in [1.807, 2.05) is 12.1 Å². The monoisotopic (exact) mass is 492 g/mol. The van der Waals surface area contributed by atoms with Crippen molar-refractivity contribution in [2.45, 2.75) is 25.5 Å². The van der Waals surface area contributed by atoms with Gasteiger partial charge in [0.25, 0.3) is 0 Å². The molecule has 0 aromatic heterocycles. The molecule has 5 rings (SSSR count). The Labute approximate surface area is 205 Å². The van der Waals surface area contributed by atoms with Crippen molar-refractivity contribution in [1.29, 1.82) is 0 Å². The minimum atomic E-state index is -0.915. The SMILES string of the molecule is O=C1NC(CCc2ccc3c(c2)OCO3)=C(C(=O)OCc2ccc(F)cc2)C(c2cccc(F)c2)N1. The lowest BCUT2D eigenvalue weighted by Gasteiger charge is -2.29. The van der Waals surface area contributed by atoms with Gasteiger partial charge in [-0.25, -0.2) is 18.4 Å². The third kappa shape index (κ3) is 5.14. The summed E-state index contributed by atoms with van der Waals surface area (Å²) in [7, 11) is 0. The molecule has 9 heteroatoms. The van der Waals surface area contributed by atoms with E-state index in [-0.39, 0.29) is 19.0 Å². The molecular weight excluding hydrogens is 470 g/mol. The van der Waals surface area contributed by atoms with Crippen molar-refractivity contribution in [3.8, 4) is 11.5 Å². The number of amides is 2. The van der Waals surface area contributed by atoms with Gasteiger partial charge in [-0.3, -0.25) is 0 Å². The summed E-state index contributed by atoms with van der Waals surface area (Å²) in [6.07, 6.45) is 0.788. The van der Waals surface area contributed by atoms with Crippen molar-refractivity contribution in [2.24, 2.45) is 0 Å². The average molecular weight is 492 g/mol. The minimum Gasteiger partial charge on any atom is -0.457 e. The lowest BCUT2D eigenvalue weighted by atomic mass is 9.93. The smallest absolute Gasteiger partial charge is 0.338 e. The Morgan fingerprint density at radius 1 is 0.917 bits per heavy atom.